The minimum atomic E-state index is -1.30. The second-order valence-corrected chi connectivity index (χ2v) is 9.58. The van der Waals surface area contributed by atoms with Gasteiger partial charge in [-0.1, -0.05) is 11.8 Å². The number of aryl methyl sites for hydroxylation is 1. The lowest BCUT2D eigenvalue weighted by molar-refractivity contribution is -0.150. The summed E-state index contributed by atoms with van der Waals surface area (Å²) >= 11 is 2.32. The fourth-order valence-electron chi connectivity index (χ4n) is 3.39. The second kappa shape index (κ2) is 10.4. The number of carboxylic acid groups (broad SMARTS) is 2. The van der Waals surface area contributed by atoms with Gasteiger partial charge in [-0.05, 0) is 18.4 Å². The van der Waals surface area contributed by atoms with E-state index in [4.69, 9.17) is 10.8 Å². The van der Waals surface area contributed by atoms with Crippen molar-refractivity contribution in [2.24, 2.45) is 12.8 Å². The molecule has 2 aliphatic heterocycles. The van der Waals surface area contributed by atoms with E-state index in [-0.39, 0.29) is 41.6 Å². The van der Waals surface area contributed by atoms with Gasteiger partial charge in [0.05, 0.1) is 0 Å². The number of nitrogens with zero attached hydrogens (tertiary/aromatic N) is 3. The molecule has 3 atom stereocenters. The maximum atomic E-state index is 12.7. The molecule has 0 unspecified atom stereocenters. The van der Waals surface area contributed by atoms with Gasteiger partial charge in [-0.25, -0.2) is 4.79 Å². The van der Waals surface area contributed by atoms with Crippen LogP contribution < -0.4 is 22.2 Å². The number of hydrogen-bond donors (Lipinski definition) is 5. The normalized spacial score (nSPS) is 20.4. The lowest BCUT2D eigenvalue weighted by Crippen LogP contribution is -2.70. The molecule has 0 aliphatic carbocycles. The zero-order valence-electron chi connectivity index (χ0n) is 17.8. The van der Waals surface area contributed by atoms with Crippen molar-refractivity contribution in [1.82, 2.24) is 25.0 Å². The van der Waals surface area contributed by atoms with Crippen LogP contribution in [-0.2, 0) is 26.2 Å². The van der Waals surface area contributed by atoms with Crippen LogP contribution in [0.25, 0.3) is 0 Å². The minimum Gasteiger partial charge on any atom is -0.480 e. The lowest BCUT2D eigenvalue weighted by atomic mass is 10.0. The summed E-state index contributed by atoms with van der Waals surface area (Å²) in [4.78, 5) is 75.1. The molecular weight excluding hydrogens is 492 g/mol. The van der Waals surface area contributed by atoms with Crippen LogP contribution in [0.2, 0.25) is 0 Å². The van der Waals surface area contributed by atoms with Crippen molar-refractivity contribution in [2.45, 2.75) is 41.9 Å². The number of aromatic nitrogens is 3. The monoisotopic (exact) mass is 514 g/mol. The number of fused-ring (bicyclic) bond motifs is 1. The van der Waals surface area contributed by atoms with E-state index in [0.717, 1.165) is 16.7 Å². The Morgan fingerprint density at radius 2 is 2.03 bits per heavy atom. The summed E-state index contributed by atoms with van der Waals surface area (Å²) in [5, 5.41) is 23.0. The van der Waals surface area contributed by atoms with Gasteiger partial charge in [0.25, 0.3) is 5.91 Å². The van der Waals surface area contributed by atoms with Crippen LogP contribution in [-0.4, -0.2) is 82.6 Å². The maximum Gasteiger partial charge on any atom is 0.352 e. The van der Waals surface area contributed by atoms with Gasteiger partial charge in [-0.2, -0.15) is 4.98 Å². The molecule has 0 bridgehead atoms. The first-order chi connectivity index (χ1) is 16.0. The molecule has 16 heteroatoms. The number of aromatic amines is 1. The standard InChI is InChI=1S/C18H22N6O8S2/c1-23-18(21-12(26)13(27)22-23)34-6-7-5-33-15-10(14(28)24(15)11(7)17(31)32)20-9(25)4-2-3-8(19)16(29)30/h8,10,15H,2-6,19H2,1H3,(H,20,25)(H,22,27)(H,29,30)(H,31,32)/t8-,10-,15-/m1/s1. The van der Waals surface area contributed by atoms with Crippen LogP contribution in [0.5, 0.6) is 0 Å². The predicted octanol–water partition coefficient (Wildman–Crippen LogP) is -2.12. The van der Waals surface area contributed by atoms with Gasteiger partial charge in [0.2, 0.25) is 5.91 Å². The molecule has 1 saturated heterocycles. The molecule has 1 fully saturated rings. The van der Waals surface area contributed by atoms with E-state index in [9.17, 15) is 33.9 Å². The number of thioether (sulfide) groups is 2. The van der Waals surface area contributed by atoms with Crippen LogP contribution >= 0.6 is 23.5 Å². The van der Waals surface area contributed by atoms with Crippen LogP contribution in [0.15, 0.2) is 26.0 Å². The summed E-state index contributed by atoms with van der Waals surface area (Å²) < 4.78 is 1.25. The Morgan fingerprint density at radius 1 is 1.32 bits per heavy atom. The fourth-order valence-corrected chi connectivity index (χ4v) is 5.79. The number of nitrogens with one attached hydrogen (secondary N) is 2. The molecule has 6 N–H and O–H groups in total. The van der Waals surface area contributed by atoms with E-state index in [0.29, 0.717) is 5.57 Å². The van der Waals surface area contributed by atoms with Gasteiger partial charge in [-0.3, -0.25) is 38.7 Å². The topological polar surface area (TPSA) is 218 Å². The molecule has 14 nitrogen and oxygen atoms in total. The van der Waals surface area contributed by atoms with Crippen LogP contribution in [0.1, 0.15) is 19.3 Å². The van der Waals surface area contributed by atoms with Crippen molar-refractivity contribution >= 4 is 47.3 Å². The van der Waals surface area contributed by atoms with E-state index in [2.05, 4.69) is 15.4 Å². The Morgan fingerprint density at radius 3 is 2.68 bits per heavy atom. The first-order valence-corrected chi connectivity index (χ1v) is 12.0. The number of carbonyl (C=O) groups is 4. The maximum absolute atomic E-state index is 12.7. The van der Waals surface area contributed by atoms with Gasteiger partial charge in [0, 0.05) is 25.0 Å². The minimum absolute atomic E-state index is 0.0173. The molecule has 2 amide bonds. The molecule has 2 aliphatic rings. The van der Waals surface area contributed by atoms with Crippen molar-refractivity contribution in [3.63, 3.8) is 0 Å². The third-order valence-electron chi connectivity index (χ3n) is 5.13. The van der Waals surface area contributed by atoms with Crippen molar-refractivity contribution < 1.29 is 29.4 Å². The summed E-state index contributed by atoms with van der Waals surface area (Å²) in [6.07, 6.45) is 0.315. The number of carbonyl (C=O) groups excluding carboxylic acids is 2. The van der Waals surface area contributed by atoms with Crippen molar-refractivity contribution in [3.8, 4) is 0 Å². The molecule has 0 spiro atoms. The Bertz CT molecular complexity index is 1180. The Balaban J connectivity index is 1.65. The summed E-state index contributed by atoms with van der Waals surface area (Å²) in [5.74, 6) is -3.11. The predicted molar refractivity (Wildman–Crippen MR) is 120 cm³/mol. The molecule has 184 valence electrons. The Hall–Kier alpha value is -3.11. The van der Waals surface area contributed by atoms with Crippen LogP contribution in [0, 0.1) is 0 Å². The highest BCUT2D eigenvalue weighted by atomic mass is 32.2. The third kappa shape index (κ3) is 5.34. The van der Waals surface area contributed by atoms with Crippen LogP contribution in [0.4, 0.5) is 0 Å². The summed E-state index contributed by atoms with van der Waals surface area (Å²) in [7, 11) is 1.48. The lowest BCUT2D eigenvalue weighted by Gasteiger charge is -2.49. The van der Waals surface area contributed by atoms with E-state index in [1.165, 1.54) is 23.5 Å². The van der Waals surface area contributed by atoms with E-state index < -0.39 is 52.3 Å². The molecule has 3 heterocycles. The molecule has 34 heavy (non-hydrogen) atoms. The zero-order chi connectivity index (χ0) is 25.2. The average molecular weight is 515 g/mol. The highest BCUT2D eigenvalue weighted by Gasteiger charge is 2.54. The van der Waals surface area contributed by atoms with Crippen molar-refractivity contribution in [2.75, 3.05) is 11.5 Å². The van der Waals surface area contributed by atoms with Gasteiger partial charge >= 0.3 is 23.1 Å². The first kappa shape index (κ1) is 25.5. The quantitative estimate of drug-likeness (QED) is 0.129. The van der Waals surface area contributed by atoms with Gasteiger partial charge in [0.15, 0.2) is 5.16 Å². The third-order valence-corrected chi connectivity index (χ3v) is 7.58. The number of nitrogens with two attached hydrogens (primary N) is 1. The Labute approximate surface area is 199 Å². The second-order valence-electron chi connectivity index (χ2n) is 7.54. The number of H-pyrrole nitrogens is 1. The highest BCUT2D eigenvalue weighted by molar-refractivity contribution is 8.01. The Kier molecular flexibility index (Phi) is 7.83. The highest BCUT2D eigenvalue weighted by Crippen LogP contribution is 2.41. The fraction of sp³-hybridized carbons (Fsp3) is 0.500. The molecular formula is C18H22N6O8S2. The molecule has 1 aromatic rings. The largest absolute Gasteiger partial charge is 0.480 e. The number of hydrogen-bond acceptors (Lipinski definition) is 10. The molecule has 0 radical (unpaired) electrons. The van der Waals surface area contributed by atoms with Gasteiger partial charge in [0.1, 0.15) is 23.2 Å². The van der Waals surface area contributed by atoms with E-state index in [1.54, 1.807) is 0 Å². The number of aliphatic carboxylic acids is 2. The SMILES string of the molecule is Cn1[nH]c(=O)c(=O)nc1SCC1=C(C(=O)O)N2C(=O)[C@@H](NC(=O)CCC[C@@H](N)C(=O)O)[C@H]2SC1. The van der Waals surface area contributed by atoms with Crippen molar-refractivity contribution in [3.05, 3.63) is 32.0 Å². The van der Waals surface area contributed by atoms with E-state index >= 15 is 0 Å². The average Bonchev–Trinajstić information content (AvgIpc) is 2.77. The molecule has 0 aromatic carbocycles. The summed E-state index contributed by atoms with van der Waals surface area (Å²) in [6.45, 7) is 0. The number of carboxylic acids is 2. The molecule has 0 saturated carbocycles. The van der Waals surface area contributed by atoms with Gasteiger partial charge in [-0.15, -0.1) is 11.8 Å². The molecule has 3 rings (SSSR count). The number of rotatable bonds is 10. The zero-order valence-corrected chi connectivity index (χ0v) is 19.5. The van der Waals surface area contributed by atoms with Gasteiger partial charge < -0.3 is 21.3 Å². The number of β-lactam (4-membered cyclic amide) rings is 1. The van der Waals surface area contributed by atoms with Crippen molar-refractivity contribution in [1.29, 1.82) is 0 Å². The summed E-state index contributed by atoms with van der Waals surface area (Å²) in [5.41, 5.74) is 3.80. The van der Waals surface area contributed by atoms with E-state index in [1.807, 2.05) is 0 Å². The smallest absolute Gasteiger partial charge is 0.352 e. The first-order valence-electron chi connectivity index (χ1n) is 9.99. The summed E-state index contributed by atoms with van der Waals surface area (Å²) in [6, 6.07) is -1.97. The number of amides is 2. The van der Waals surface area contributed by atoms with Crippen LogP contribution in [0.3, 0.4) is 0 Å². The molecule has 1 aromatic heterocycles.